The Hall–Kier alpha value is -0.940. The Morgan fingerprint density at radius 2 is 1.65 bits per heavy atom. The van der Waals surface area contributed by atoms with E-state index in [0.29, 0.717) is 11.3 Å². The van der Waals surface area contributed by atoms with E-state index in [-0.39, 0.29) is 0 Å². The van der Waals surface area contributed by atoms with Crippen LogP contribution in [0.5, 0.6) is 5.75 Å². The number of hydrogen-bond donors (Lipinski definition) is 1. The third-order valence-electron chi connectivity index (χ3n) is 2.94. The van der Waals surface area contributed by atoms with Crippen molar-refractivity contribution in [3.05, 3.63) is 64.1 Å². The lowest BCUT2D eigenvalue weighted by molar-refractivity contribution is 0.0833. The van der Waals surface area contributed by atoms with Crippen LogP contribution < -0.4 is 10.1 Å². The molecule has 7 heteroatoms. The predicted molar refractivity (Wildman–Crippen MR) is 97.5 cm³/mol. The summed E-state index contributed by atoms with van der Waals surface area (Å²) in [5.74, 6) is 0.0761. The van der Waals surface area contributed by atoms with E-state index in [1.165, 1.54) is 0 Å². The quantitative estimate of drug-likeness (QED) is 0.523. The Morgan fingerprint density at radius 3 is 2.17 bits per heavy atom. The minimum Gasteiger partial charge on any atom is -0.466 e. The maximum absolute atomic E-state index is 12.3. The number of hydrogen-bond acceptors (Lipinski definition) is 2. The first-order chi connectivity index (χ1) is 10.8. The van der Waals surface area contributed by atoms with Crippen LogP contribution in [0.4, 0.5) is 0 Å². The van der Waals surface area contributed by atoms with Gasteiger partial charge in [-0.25, -0.2) is 0 Å². The number of halogens is 4. The molecule has 122 valence electrons. The summed E-state index contributed by atoms with van der Waals surface area (Å²) < 4.78 is 4.66. The van der Waals surface area contributed by atoms with Gasteiger partial charge in [0.05, 0.1) is 0 Å². The van der Waals surface area contributed by atoms with Gasteiger partial charge in [0, 0.05) is 10.0 Å². The molecule has 1 N–H and O–H groups in total. The highest BCUT2D eigenvalue weighted by atomic mass is 79.9. The first-order valence-electron chi connectivity index (χ1n) is 6.62. The van der Waals surface area contributed by atoms with Gasteiger partial charge in [-0.2, -0.15) is 0 Å². The number of nitrogens with one attached hydrogen (secondary N) is 1. The second-order valence-corrected chi connectivity index (χ2v) is 8.12. The Kier molecular flexibility index (Phi) is 6.20. The van der Waals surface area contributed by atoms with Gasteiger partial charge < -0.3 is 10.1 Å². The largest absolute Gasteiger partial charge is 0.466 e. The molecule has 0 spiro atoms. The van der Waals surface area contributed by atoms with Crippen LogP contribution in [-0.2, 0) is 0 Å². The number of ether oxygens (including phenoxy) is 1. The molecule has 1 amide bonds. The van der Waals surface area contributed by atoms with Crippen molar-refractivity contribution in [2.45, 2.75) is 16.9 Å². The molecule has 1 atom stereocenters. The highest BCUT2D eigenvalue weighted by Crippen LogP contribution is 2.32. The summed E-state index contributed by atoms with van der Waals surface area (Å²) >= 11 is 21.1. The molecule has 2 aromatic rings. The minimum absolute atomic E-state index is 0.390. The maximum Gasteiger partial charge on any atom is 0.254 e. The van der Waals surface area contributed by atoms with Gasteiger partial charge in [0.2, 0.25) is 10.0 Å². The molecule has 2 rings (SSSR count). The topological polar surface area (TPSA) is 38.3 Å². The van der Waals surface area contributed by atoms with Gasteiger partial charge >= 0.3 is 0 Å². The van der Waals surface area contributed by atoms with Gasteiger partial charge in [-0.15, -0.1) is 0 Å². The minimum atomic E-state index is -1.83. The Balaban J connectivity index is 2.14. The van der Waals surface area contributed by atoms with Crippen LogP contribution in [0.2, 0.25) is 0 Å². The van der Waals surface area contributed by atoms with Gasteiger partial charge in [0.15, 0.2) is 0 Å². The highest BCUT2D eigenvalue weighted by Gasteiger charge is 2.36. The molecule has 0 aliphatic heterocycles. The molecule has 0 aliphatic carbocycles. The molecule has 0 radical (unpaired) electrons. The molecule has 0 saturated heterocycles. The fraction of sp³-hybridized carbons (Fsp3) is 0.188. The van der Waals surface area contributed by atoms with Crippen LogP contribution in [0.15, 0.2) is 53.0 Å². The number of carbonyl (C=O) groups is 1. The van der Waals surface area contributed by atoms with Crippen LogP contribution in [0.25, 0.3) is 0 Å². The van der Waals surface area contributed by atoms with Crippen molar-refractivity contribution in [3.63, 3.8) is 0 Å². The van der Waals surface area contributed by atoms with Crippen molar-refractivity contribution in [1.82, 2.24) is 5.32 Å². The van der Waals surface area contributed by atoms with Crippen LogP contribution >= 0.6 is 50.7 Å². The zero-order chi connectivity index (χ0) is 17.0. The molecule has 2 aromatic carbocycles. The Labute approximate surface area is 158 Å². The van der Waals surface area contributed by atoms with Gasteiger partial charge in [-0.1, -0.05) is 68.4 Å². The van der Waals surface area contributed by atoms with E-state index in [4.69, 9.17) is 39.5 Å². The van der Waals surface area contributed by atoms with Crippen LogP contribution in [0.1, 0.15) is 15.9 Å². The lowest BCUT2D eigenvalue weighted by Crippen LogP contribution is -2.47. The third kappa shape index (κ3) is 5.57. The molecular formula is C16H13BrCl3NO2. The molecule has 3 nitrogen and oxygen atoms in total. The number of benzene rings is 2. The number of rotatable bonds is 4. The van der Waals surface area contributed by atoms with E-state index in [2.05, 4.69) is 21.2 Å². The van der Waals surface area contributed by atoms with E-state index in [1.807, 2.05) is 19.1 Å². The van der Waals surface area contributed by atoms with E-state index >= 15 is 0 Å². The van der Waals surface area contributed by atoms with Crippen LogP contribution in [0, 0.1) is 6.92 Å². The molecule has 0 unspecified atom stereocenters. The highest BCUT2D eigenvalue weighted by molar-refractivity contribution is 9.10. The third-order valence-corrected chi connectivity index (χ3v) is 4.06. The fourth-order valence-electron chi connectivity index (χ4n) is 1.73. The maximum atomic E-state index is 12.3. The monoisotopic (exact) mass is 435 g/mol. The lowest BCUT2D eigenvalue weighted by Gasteiger charge is -2.26. The van der Waals surface area contributed by atoms with Crippen molar-refractivity contribution >= 4 is 56.6 Å². The first kappa shape index (κ1) is 18.4. The average molecular weight is 438 g/mol. The standard InChI is InChI=1S/C16H13BrCl3NO2/c1-10-2-4-11(5-3-10)14(22)21-15(16(18,19)20)23-13-8-6-12(17)7-9-13/h2-9,15H,1H3,(H,21,22)/t15-/m1/s1. The average Bonchev–Trinajstić information content (AvgIpc) is 2.48. The van der Waals surface area contributed by atoms with Crippen LogP contribution in [0.3, 0.4) is 0 Å². The van der Waals surface area contributed by atoms with Crippen molar-refractivity contribution in [1.29, 1.82) is 0 Å². The number of aryl methyl sites for hydroxylation is 1. The number of amides is 1. The lowest BCUT2D eigenvalue weighted by atomic mass is 10.1. The molecular weight excluding hydrogens is 424 g/mol. The first-order valence-corrected chi connectivity index (χ1v) is 8.55. The smallest absolute Gasteiger partial charge is 0.254 e. The second-order valence-electron chi connectivity index (χ2n) is 4.83. The molecule has 0 bridgehead atoms. The molecule has 23 heavy (non-hydrogen) atoms. The second kappa shape index (κ2) is 7.75. The predicted octanol–water partition coefficient (Wildman–Crippen LogP) is 5.26. The van der Waals surface area contributed by atoms with Crippen molar-refractivity contribution in [2.75, 3.05) is 0 Å². The van der Waals surface area contributed by atoms with E-state index < -0.39 is 15.9 Å². The summed E-state index contributed by atoms with van der Waals surface area (Å²) in [6.07, 6.45) is -1.14. The number of alkyl halides is 3. The van der Waals surface area contributed by atoms with Crippen molar-refractivity contribution < 1.29 is 9.53 Å². The van der Waals surface area contributed by atoms with Gasteiger partial charge in [-0.05, 0) is 43.3 Å². The molecule has 0 heterocycles. The molecule has 0 aliphatic rings. The summed E-state index contributed by atoms with van der Waals surface area (Å²) in [5, 5.41) is 2.59. The summed E-state index contributed by atoms with van der Waals surface area (Å²) in [4.78, 5) is 12.3. The summed E-state index contributed by atoms with van der Waals surface area (Å²) in [5.41, 5.74) is 1.50. The SMILES string of the molecule is Cc1ccc(C(=O)N[C@H](Oc2ccc(Br)cc2)C(Cl)(Cl)Cl)cc1. The van der Waals surface area contributed by atoms with E-state index in [1.54, 1.807) is 36.4 Å². The molecule has 0 saturated carbocycles. The van der Waals surface area contributed by atoms with Gasteiger partial charge in [0.25, 0.3) is 5.91 Å². The summed E-state index contributed by atoms with van der Waals surface area (Å²) in [6.45, 7) is 1.93. The number of carbonyl (C=O) groups excluding carboxylic acids is 1. The summed E-state index contributed by atoms with van der Waals surface area (Å²) in [7, 11) is 0. The van der Waals surface area contributed by atoms with Crippen molar-refractivity contribution in [2.24, 2.45) is 0 Å². The Morgan fingerprint density at radius 1 is 1.09 bits per heavy atom. The fourth-order valence-corrected chi connectivity index (χ4v) is 2.30. The zero-order valence-corrected chi connectivity index (χ0v) is 15.9. The van der Waals surface area contributed by atoms with Crippen molar-refractivity contribution in [3.8, 4) is 5.75 Å². The summed E-state index contributed by atoms with van der Waals surface area (Å²) in [6, 6.07) is 14.0. The normalized spacial score (nSPS) is 12.6. The molecule has 0 fully saturated rings. The zero-order valence-electron chi connectivity index (χ0n) is 12.0. The van der Waals surface area contributed by atoms with Crippen LogP contribution in [-0.4, -0.2) is 15.9 Å². The molecule has 0 aromatic heterocycles. The van der Waals surface area contributed by atoms with E-state index in [0.717, 1.165) is 10.0 Å². The van der Waals surface area contributed by atoms with E-state index in [9.17, 15) is 4.79 Å². The van der Waals surface area contributed by atoms with Gasteiger partial charge in [0.1, 0.15) is 5.75 Å². The Bertz CT molecular complexity index is 669. The van der Waals surface area contributed by atoms with Gasteiger partial charge in [-0.3, -0.25) is 4.79 Å².